The van der Waals surface area contributed by atoms with Crippen molar-refractivity contribution >= 4 is 29.1 Å². The summed E-state index contributed by atoms with van der Waals surface area (Å²) in [5.74, 6) is 0. The first-order chi connectivity index (χ1) is 15.1. The van der Waals surface area contributed by atoms with Crippen LogP contribution in [0.3, 0.4) is 0 Å². The summed E-state index contributed by atoms with van der Waals surface area (Å²) in [5, 5.41) is 3.86. The molecule has 1 fully saturated rings. The van der Waals surface area contributed by atoms with E-state index in [1.54, 1.807) is 20.3 Å². The quantitative estimate of drug-likeness (QED) is 0.389. The molecule has 0 aromatic carbocycles. The minimum Gasteiger partial charge on any atom is -0.374 e. The fraction of sp³-hybridized carbons (Fsp3) is 0.684. The normalized spacial score (nSPS) is 22.0. The highest BCUT2D eigenvalue weighted by molar-refractivity contribution is 7.83. The summed E-state index contributed by atoms with van der Waals surface area (Å²) >= 11 is 5.95. The van der Waals surface area contributed by atoms with Crippen molar-refractivity contribution in [1.82, 2.24) is 29.0 Å². The van der Waals surface area contributed by atoms with E-state index in [0.717, 1.165) is 17.6 Å². The number of morpholine rings is 1. The molecule has 0 radical (unpaired) electrons. The lowest BCUT2D eigenvalue weighted by Crippen LogP contribution is -2.47. The molecule has 0 spiro atoms. The third-order valence-electron chi connectivity index (χ3n) is 5.32. The third-order valence-corrected chi connectivity index (χ3v) is 7.94. The fourth-order valence-corrected chi connectivity index (χ4v) is 4.24. The second-order valence-corrected chi connectivity index (χ2v) is 11.3. The number of ether oxygens (including phenoxy) is 2. The lowest BCUT2D eigenvalue weighted by Gasteiger charge is -2.36. The van der Waals surface area contributed by atoms with Crippen LogP contribution < -0.4 is 11.0 Å². The molecule has 32 heavy (non-hydrogen) atoms. The first kappa shape index (κ1) is 25.3. The van der Waals surface area contributed by atoms with Crippen molar-refractivity contribution in [3.05, 3.63) is 28.4 Å². The van der Waals surface area contributed by atoms with Gasteiger partial charge in [0.25, 0.3) is 0 Å². The average molecular weight is 491 g/mol. The Morgan fingerprint density at radius 1 is 1.38 bits per heavy atom. The van der Waals surface area contributed by atoms with Gasteiger partial charge in [0.2, 0.25) is 0 Å². The first-order valence-electron chi connectivity index (χ1n) is 10.4. The molecular formula is C19H32ClN6O5P. The van der Waals surface area contributed by atoms with Crippen LogP contribution in [0, 0.1) is 0 Å². The van der Waals surface area contributed by atoms with Crippen LogP contribution in [-0.2, 0) is 32.2 Å². The Balaban J connectivity index is 1.77. The van der Waals surface area contributed by atoms with Crippen LogP contribution in [0.5, 0.6) is 0 Å². The molecule has 13 heteroatoms. The van der Waals surface area contributed by atoms with Crippen molar-refractivity contribution in [2.75, 3.05) is 61.0 Å². The number of fused-ring (bicyclic) bond motifs is 1. The summed E-state index contributed by atoms with van der Waals surface area (Å²) in [4.78, 5) is 19.1. The van der Waals surface area contributed by atoms with Gasteiger partial charge in [0.05, 0.1) is 25.9 Å². The number of likely N-dealkylation sites (N-methyl/N-ethyl adjacent to an activating group) is 2. The van der Waals surface area contributed by atoms with E-state index in [1.165, 1.54) is 9.24 Å². The second kappa shape index (κ2) is 10.8. The maximum atomic E-state index is 12.8. The van der Waals surface area contributed by atoms with Crippen LogP contribution in [0.25, 0.3) is 11.0 Å². The van der Waals surface area contributed by atoms with Gasteiger partial charge in [-0.3, -0.25) is 14.0 Å². The van der Waals surface area contributed by atoms with Gasteiger partial charge in [0.1, 0.15) is 5.65 Å². The van der Waals surface area contributed by atoms with E-state index in [-0.39, 0.29) is 6.61 Å². The van der Waals surface area contributed by atoms with E-state index < -0.39 is 24.9 Å². The molecule has 180 valence electrons. The Kier molecular flexibility index (Phi) is 8.51. The Morgan fingerprint density at radius 3 is 2.81 bits per heavy atom. The smallest absolute Gasteiger partial charge is 0.362 e. The lowest BCUT2D eigenvalue weighted by atomic mass is 10.2. The van der Waals surface area contributed by atoms with E-state index >= 15 is 0 Å². The summed E-state index contributed by atoms with van der Waals surface area (Å²) in [6, 6.07) is 1.96. The predicted octanol–water partition coefficient (Wildman–Crippen LogP) is 1.23. The molecule has 1 aliphatic heterocycles. The molecule has 2 aromatic heterocycles. The third kappa shape index (κ3) is 5.98. The Morgan fingerprint density at radius 2 is 2.12 bits per heavy atom. The highest BCUT2D eigenvalue weighted by Gasteiger charge is 2.31. The van der Waals surface area contributed by atoms with Gasteiger partial charge in [-0.1, -0.05) is 0 Å². The minimum absolute atomic E-state index is 0.0453. The van der Waals surface area contributed by atoms with Gasteiger partial charge in [-0.15, -0.1) is 0 Å². The van der Waals surface area contributed by atoms with Crippen molar-refractivity contribution in [3.63, 3.8) is 0 Å². The van der Waals surface area contributed by atoms with Crippen molar-refractivity contribution in [2.45, 2.75) is 18.9 Å². The number of hydrogen-bond donors (Lipinski definition) is 1. The van der Waals surface area contributed by atoms with Crippen LogP contribution in [0.1, 0.15) is 11.9 Å². The molecule has 0 aliphatic carbocycles. The molecule has 0 bridgehead atoms. The zero-order chi connectivity index (χ0) is 23.5. The van der Waals surface area contributed by atoms with Gasteiger partial charge in [-0.25, -0.2) is 9.46 Å². The van der Waals surface area contributed by atoms with E-state index in [2.05, 4.69) is 10.3 Å². The van der Waals surface area contributed by atoms with Crippen LogP contribution in [-0.4, -0.2) is 90.8 Å². The summed E-state index contributed by atoms with van der Waals surface area (Å²) in [5.41, 5.74) is 1.12. The predicted molar refractivity (Wildman–Crippen MR) is 123 cm³/mol. The molecule has 0 saturated carbocycles. The van der Waals surface area contributed by atoms with Crippen molar-refractivity contribution < 1.29 is 18.6 Å². The van der Waals surface area contributed by atoms with Gasteiger partial charge in [-0.05, 0) is 45.5 Å². The average Bonchev–Trinajstić information content (AvgIpc) is 3.03. The van der Waals surface area contributed by atoms with Crippen molar-refractivity contribution in [1.29, 1.82) is 0 Å². The Labute approximate surface area is 192 Å². The summed E-state index contributed by atoms with van der Waals surface area (Å²) < 4.78 is 34.1. The maximum Gasteiger partial charge on any atom is 0.362 e. The summed E-state index contributed by atoms with van der Waals surface area (Å²) in [7, 11) is 8.84. The fourth-order valence-electron chi connectivity index (χ4n) is 3.49. The van der Waals surface area contributed by atoms with E-state index in [0.29, 0.717) is 32.0 Å². The highest BCUT2D eigenvalue weighted by Crippen LogP contribution is 2.54. The number of rotatable bonds is 10. The molecule has 1 aliphatic rings. The monoisotopic (exact) mass is 490 g/mol. The zero-order valence-electron chi connectivity index (χ0n) is 19.2. The number of hydrogen-bond acceptors (Lipinski definition) is 8. The first-order valence-corrected chi connectivity index (χ1v) is 12.9. The molecule has 3 heterocycles. The molecule has 11 nitrogen and oxygen atoms in total. The maximum absolute atomic E-state index is 12.8. The van der Waals surface area contributed by atoms with Gasteiger partial charge < -0.3 is 23.9 Å². The topological polar surface area (TPSA) is 103 Å². The minimum atomic E-state index is -3.39. The number of nitrogens with zero attached hydrogens (tertiary/aromatic N) is 5. The molecule has 0 amide bonds. The number of aromatic nitrogens is 3. The number of nitrogens with one attached hydrogen (secondary N) is 1. The largest absolute Gasteiger partial charge is 0.374 e. The number of aryl methyl sites for hydroxylation is 1. The molecule has 3 atom stereocenters. The second-order valence-electron chi connectivity index (χ2n) is 8.09. The standard InChI is InChI=1S/C19H32ClN6O5P/c1-21-6-7-29-12-15-8-14-9-26(19(27)22-18(14)25(15)5)17-11-24(4)10-16(31-17)13-30-32(20,28)23(2)3/h8-9,16-17,21H,6-7,10-13H2,1-5H3/t16-,17?,32?/m0/s1. The van der Waals surface area contributed by atoms with Gasteiger partial charge in [0.15, 0.2) is 6.23 Å². The van der Waals surface area contributed by atoms with E-state index in [4.69, 9.17) is 25.2 Å². The van der Waals surface area contributed by atoms with Gasteiger partial charge >= 0.3 is 12.6 Å². The summed E-state index contributed by atoms with van der Waals surface area (Å²) in [6.07, 6.45) is 0.798. The van der Waals surface area contributed by atoms with Crippen molar-refractivity contribution in [2.24, 2.45) is 7.05 Å². The zero-order valence-corrected chi connectivity index (χ0v) is 20.8. The lowest BCUT2D eigenvalue weighted by molar-refractivity contribution is -0.127. The molecule has 3 rings (SSSR count). The van der Waals surface area contributed by atoms with Crippen LogP contribution in [0.2, 0.25) is 0 Å². The van der Waals surface area contributed by atoms with E-state index in [9.17, 15) is 9.36 Å². The SMILES string of the molecule is CNCCOCc1cc2cn(C3CN(C)C[C@@H](COP(=O)(Cl)N(C)C)O3)c(=O)nc2n1C. The van der Waals surface area contributed by atoms with Crippen LogP contribution >= 0.6 is 18.1 Å². The summed E-state index contributed by atoms with van der Waals surface area (Å²) in [6.45, 7) is -0.508. The molecule has 1 N–H and O–H groups in total. The highest BCUT2D eigenvalue weighted by atomic mass is 35.7. The van der Waals surface area contributed by atoms with E-state index in [1.807, 2.05) is 36.7 Å². The molecule has 2 unspecified atom stereocenters. The van der Waals surface area contributed by atoms with Crippen LogP contribution in [0.4, 0.5) is 0 Å². The Bertz CT molecular complexity index is 1030. The van der Waals surface area contributed by atoms with Gasteiger partial charge in [-0.2, -0.15) is 4.98 Å². The van der Waals surface area contributed by atoms with Crippen molar-refractivity contribution in [3.8, 4) is 0 Å². The molecule has 2 aromatic rings. The molecular weight excluding hydrogens is 459 g/mol. The number of halogens is 1. The van der Waals surface area contributed by atoms with Gasteiger partial charge in [0, 0.05) is 44.0 Å². The molecule has 1 saturated heterocycles. The van der Waals surface area contributed by atoms with Crippen LogP contribution in [0.15, 0.2) is 17.1 Å². The Hall–Kier alpha value is -1.30.